The Hall–Kier alpha value is -0.670. The molecule has 0 aromatic carbocycles. The van der Waals surface area contributed by atoms with Crippen LogP contribution in [-0.2, 0) is 0 Å². The molecule has 2 rings (SSSR count). The lowest BCUT2D eigenvalue weighted by Crippen LogP contribution is -2.31. The third-order valence-corrected chi connectivity index (χ3v) is 4.34. The number of Topliss-reactive ketones (excluding diaryl/α,β-unsaturated/α-hetero) is 1. The van der Waals surface area contributed by atoms with Gasteiger partial charge in [0, 0.05) is 21.9 Å². The Balaban J connectivity index is 1.96. The molecule has 1 heterocycles. The van der Waals surface area contributed by atoms with E-state index in [0.717, 1.165) is 29.4 Å². The van der Waals surface area contributed by atoms with E-state index in [4.69, 9.17) is 0 Å². The van der Waals surface area contributed by atoms with Gasteiger partial charge in [0.25, 0.3) is 0 Å². The first-order valence-corrected chi connectivity index (χ1v) is 7.24. The molecule has 0 spiro atoms. The van der Waals surface area contributed by atoms with Crippen molar-refractivity contribution in [1.29, 1.82) is 0 Å². The van der Waals surface area contributed by atoms with E-state index in [1.807, 2.05) is 13.0 Å². The van der Waals surface area contributed by atoms with Gasteiger partial charge in [-0.3, -0.25) is 9.69 Å². The van der Waals surface area contributed by atoms with Gasteiger partial charge in [0.05, 0.1) is 6.54 Å². The standard InChI is InChI=1S/C14H21NOS/c1-4-15(8-12-5-6-12)9-14(16)13-7-10(2)17-11(13)3/h7,12H,4-6,8-9H2,1-3H3. The second kappa shape index (κ2) is 5.32. The summed E-state index contributed by atoms with van der Waals surface area (Å²) >= 11 is 1.72. The number of aryl methyl sites for hydroxylation is 2. The molecule has 0 saturated heterocycles. The van der Waals surface area contributed by atoms with E-state index in [1.54, 1.807) is 11.3 Å². The lowest BCUT2D eigenvalue weighted by molar-refractivity contribution is 0.0931. The number of hydrogen-bond acceptors (Lipinski definition) is 3. The molecule has 1 aliphatic rings. The molecule has 1 saturated carbocycles. The number of carbonyl (C=O) groups is 1. The Kier molecular flexibility index (Phi) is 4.00. The second-order valence-corrected chi connectivity index (χ2v) is 6.48. The topological polar surface area (TPSA) is 20.3 Å². The van der Waals surface area contributed by atoms with Crippen molar-refractivity contribution in [2.75, 3.05) is 19.6 Å². The van der Waals surface area contributed by atoms with Crippen LogP contribution in [0.25, 0.3) is 0 Å². The molecule has 1 aromatic rings. The fourth-order valence-corrected chi connectivity index (χ4v) is 3.11. The first-order chi connectivity index (χ1) is 8.10. The van der Waals surface area contributed by atoms with E-state index in [1.165, 1.54) is 17.7 Å². The van der Waals surface area contributed by atoms with Crippen molar-refractivity contribution in [1.82, 2.24) is 4.90 Å². The quantitative estimate of drug-likeness (QED) is 0.723. The van der Waals surface area contributed by atoms with Crippen molar-refractivity contribution < 1.29 is 4.79 Å². The number of thiophene rings is 1. The highest BCUT2D eigenvalue weighted by Gasteiger charge is 2.25. The molecule has 0 N–H and O–H groups in total. The molecule has 17 heavy (non-hydrogen) atoms. The maximum absolute atomic E-state index is 12.2. The summed E-state index contributed by atoms with van der Waals surface area (Å²) in [5.41, 5.74) is 0.932. The molecule has 0 atom stereocenters. The summed E-state index contributed by atoms with van der Waals surface area (Å²) in [5, 5.41) is 0. The van der Waals surface area contributed by atoms with Crippen LogP contribution < -0.4 is 0 Å². The first kappa shape index (κ1) is 12.8. The Labute approximate surface area is 108 Å². The van der Waals surface area contributed by atoms with Crippen LogP contribution in [0.1, 0.15) is 39.9 Å². The highest BCUT2D eigenvalue weighted by atomic mass is 32.1. The van der Waals surface area contributed by atoms with Crippen LogP contribution in [0.4, 0.5) is 0 Å². The smallest absolute Gasteiger partial charge is 0.177 e. The summed E-state index contributed by atoms with van der Waals surface area (Å²) in [7, 11) is 0. The van der Waals surface area contributed by atoms with E-state index in [0.29, 0.717) is 6.54 Å². The van der Waals surface area contributed by atoms with Crippen LogP contribution in [0.15, 0.2) is 6.07 Å². The minimum Gasteiger partial charge on any atom is -0.296 e. The van der Waals surface area contributed by atoms with E-state index in [2.05, 4.69) is 18.7 Å². The van der Waals surface area contributed by atoms with Crippen LogP contribution in [0.3, 0.4) is 0 Å². The minimum absolute atomic E-state index is 0.286. The van der Waals surface area contributed by atoms with Crippen LogP contribution in [0.5, 0.6) is 0 Å². The van der Waals surface area contributed by atoms with Crippen molar-refractivity contribution in [3.63, 3.8) is 0 Å². The zero-order valence-corrected chi connectivity index (χ0v) is 11.8. The molecule has 0 bridgehead atoms. The van der Waals surface area contributed by atoms with Crippen molar-refractivity contribution in [3.05, 3.63) is 21.4 Å². The predicted molar refractivity (Wildman–Crippen MR) is 73.0 cm³/mol. The summed E-state index contributed by atoms with van der Waals surface area (Å²) in [5.74, 6) is 1.14. The molecule has 94 valence electrons. The average molecular weight is 251 g/mol. The van der Waals surface area contributed by atoms with Gasteiger partial charge in [-0.1, -0.05) is 6.92 Å². The molecule has 0 unspecified atom stereocenters. The largest absolute Gasteiger partial charge is 0.296 e. The van der Waals surface area contributed by atoms with Gasteiger partial charge < -0.3 is 0 Å². The molecule has 2 nitrogen and oxygen atoms in total. The highest BCUT2D eigenvalue weighted by molar-refractivity contribution is 7.12. The van der Waals surface area contributed by atoms with Gasteiger partial charge in [-0.15, -0.1) is 11.3 Å². The third kappa shape index (κ3) is 3.39. The highest BCUT2D eigenvalue weighted by Crippen LogP contribution is 2.29. The molecular formula is C14H21NOS. The first-order valence-electron chi connectivity index (χ1n) is 6.42. The molecule has 1 aliphatic carbocycles. The fraction of sp³-hybridized carbons (Fsp3) is 0.643. The third-order valence-electron chi connectivity index (χ3n) is 3.37. The van der Waals surface area contributed by atoms with E-state index in [9.17, 15) is 4.79 Å². The predicted octanol–water partition coefficient (Wildman–Crippen LogP) is 3.28. The Morgan fingerprint density at radius 2 is 2.18 bits per heavy atom. The van der Waals surface area contributed by atoms with Crippen LogP contribution in [-0.4, -0.2) is 30.3 Å². The Bertz CT molecular complexity index is 406. The summed E-state index contributed by atoms with van der Waals surface area (Å²) in [6, 6.07) is 2.04. The van der Waals surface area contributed by atoms with Crippen molar-refractivity contribution >= 4 is 17.1 Å². The molecule has 1 aromatic heterocycles. The summed E-state index contributed by atoms with van der Waals surface area (Å²) < 4.78 is 0. The fourth-order valence-electron chi connectivity index (χ4n) is 2.17. The van der Waals surface area contributed by atoms with Gasteiger partial charge in [-0.05, 0) is 45.2 Å². The SMILES string of the molecule is CCN(CC(=O)c1cc(C)sc1C)CC1CC1. The number of nitrogens with zero attached hydrogens (tertiary/aromatic N) is 1. The van der Waals surface area contributed by atoms with Crippen LogP contribution >= 0.6 is 11.3 Å². The molecule has 1 fully saturated rings. The van der Waals surface area contributed by atoms with E-state index < -0.39 is 0 Å². The molecular weight excluding hydrogens is 230 g/mol. The molecule has 0 aliphatic heterocycles. The maximum atomic E-state index is 12.2. The summed E-state index contributed by atoms with van der Waals surface area (Å²) in [6.45, 7) is 8.92. The second-order valence-electron chi connectivity index (χ2n) is 5.02. The van der Waals surface area contributed by atoms with Crippen molar-refractivity contribution in [2.45, 2.75) is 33.6 Å². The van der Waals surface area contributed by atoms with Gasteiger partial charge in [-0.25, -0.2) is 0 Å². The number of likely N-dealkylation sites (N-methyl/N-ethyl adjacent to an activating group) is 1. The molecule has 3 heteroatoms. The number of rotatable bonds is 6. The van der Waals surface area contributed by atoms with Gasteiger partial charge in [-0.2, -0.15) is 0 Å². The zero-order valence-electron chi connectivity index (χ0n) is 11.0. The zero-order chi connectivity index (χ0) is 12.4. The lowest BCUT2D eigenvalue weighted by Gasteiger charge is -2.18. The van der Waals surface area contributed by atoms with Gasteiger partial charge >= 0.3 is 0 Å². The van der Waals surface area contributed by atoms with Crippen LogP contribution in [0, 0.1) is 19.8 Å². The summed E-state index contributed by atoms with van der Waals surface area (Å²) in [4.78, 5) is 16.9. The van der Waals surface area contributed by atoms with E-state index >= 15 is 0 Å². The van der Waals surface area contributed by atoms with Crippen molar-refractivity contribution in [3.8, 4) is 0 Å². The van der Waals surface area contributed by atoms with Gasteiger partial charge in [0.1, 0.15) is 0 Å². The lowest BCUT2D eigenvalue weighted by atomic mass is 10.1. The minimum atomic E-state index is 0.286. The number of carbonyl (C=O) groups excluding carboxylic acids is 1. The number of hydrogen-bond donors (Lipinski definition) is 0. The normalized spacial score (nSPS) is 15.5. The van der Waals surface area contributed by atoms with Gasteiger partial charge in [0.2, 0.25) is 0 Å². The van der Waals surface area contributed by atoms with Crippen LogP contribution in [0.2, 0.25) is 0 Å². The summed E-state index contributed by atoms with van der Waals surface area (Å²) in [6.07, 6.45) is 2.70. The molecule has 0 radical (unpaired) electrons. The Morgan fingerprint density at radius 3 is 2.65 bits per heavy atom. The van der Waals surface area contributed by atoms with Gasteiger partial charge in [0.15, 0.2) is 5.78 Å². The monoisotopic (exact) mass is 251 g/mol. The average Bonchev–Trinajstić information content (AvgIpc) is 3.02. The maximum Gasteiger partial charge on any atom is 0.177 e. The van der Waals surface area contributed by atoms with E-state index in [-0.39, 0.29) is 5.78 Å². The van der Waals surface area contributed by atoms with Crippen molar-refractivity contribution in [2.24, 2.45) is 5.92 Å². The molecule has 0 amide bonds. The Morgan fingerprint density at radius 1 is 1.47 bits per heavy atom. The number of ketones is 1.